The average Bonchev–Trinajstić information content (AvgIpc) is 3.10. The Morgan fingerprint density at radius 1 is 1.05 bits per heavy atom. The maximum atomic E-state index is 13.8. The highest BCUT2D eigenvalue weighted by atomic mass is 35.5. The van der Waals surface area contributed by atoms with Gasteiger partial charge in [-0.05, 0) is 36.4 Å². The maximum Gasteiger partial charge on any atom is 0.149 e. The minimum atomic E-state index is -0.658. The quantitative estimate of drug-likeness (QED) is 0.687. The SMILES string of the molecule is Fc1cccc(F)c1NC(c1ccco1)c1ccc(Cl)s1. The number of thiophene rings is 1. The molecule has 2 aromatic heterocycles. The molecule has 3 aromatic rings. The Balaban J connectivity index is 2.01. The van der Waals surface area contributed by atoms with Gasteiger partial charge in [0.2, 0.25) is 0 Å². The Bertz CT molecular complexity index is 722. The lowest BCUT2D eigenvalue weighted by Gasteiger charge is -2.17. The van der Waals surface area contributed by atoms with E-state index in [0.29, 0.717) is 10.1 Å². The van der Waals surface area contributed by atoms with Crippen molar-refractivity contribution in [2.75, 3.05) is 5.32 Å². The summed E-state index contributed by atoms with van der Waals surface area (Å²) in [7, 11) is 0. The lowest BCUT2D eigenvalue weighted by molar-refractivity contribution is 0.498. The molecule has 0 aliphatic heterocycles. The Labute approximate surface area is 129 Å². The molecule has 6 heteroatoms. The number of para-hydroxylation sites is 1. The van der Waals surface area contributed by atoms with Crippen molar-refractivity contribution < 1.29 is 13.2 Å². The molecule has 108 valence electrons. The van der Waals surface area contributed by atoms with Gasteiger partial charge in [0.15, 0.2) is 0 Å². The van der Waals surface area contributed by atoms with Crippen LogP contribution in [0.2, 0.25) is 4.34 Å². The smallest absolute Gasteiger partial charge is 0.149 e. The van der Waals surface area contributed by atoms with Gasteiger partial charge < -0.3 is 9.73 Å². The van der Waals surface area contributed by atoms with Crippen LogP contribution in [-0.4, -0.2) is 0 Å². The van der Waals surface area contributed by atoms with Crippen LogP contribution in [0.25, 0.3) is 0 Å². The molecule has 1 atom stereocenters. The van der Waals surface area contributed by atoms with E-state index in [0.717, 1.165) is 4.88 Å². The molecule has 1 N–H and O–H groups in total. The highest BCUT2D eigenvalue weighted by molar-refractivity contribution is 7.16. The van der Waals surface area contributed by atoms with Crippen LogP contribution in [0.15, 0.2) is 53.1 Å². The first-order valence-corrected chi connectivity index (χ1v) is 7.34. The normalized spacial score (nSPS) is 12.3. The van der Waals surface area contributed by atoms with Crippen LogP contribution in [0.1, 0.15) is 16.7 Å². The second-order valence-corrected chi connectivity index (χ2v) is 6.08. The number of furan rings is 1. The number of benzene rings is 1. The largest absolute Gasteiger partial charge is 0.467 e. The summed E-state index contributed by atoms with van der Waals surface area (Å²) in [5.41, 5.74) is -0.191. The monoisotopic (exact) mass is 325 g/mol. The van der Waals surface area contributed by atoms with Crippen molar-refractivity contribution in [2.45, 2.75) is 6.04 Å². The van der Waals surface area contributed by atoms with E-state index in [4.69, 9.17) is 16.0 Å². The molecule has 0 amide bonds. The number of anilines is 1. The summed E-state index contributed by atoms with van der Waals surface area (Å²) in [5.74, 6) is -0.764. The van der Waals surface area contributed by atoms with Crippen molar-refractivity contribution in [2.24, 2.45) is 0 Å². The zero-order valence-corrected chi connectivity index (χ0v) is 12.2. The zero-order valence-electron chi connectivity index (χ0n) is 10.6. The third kappa shape index (κ3) is 2.94. The first-order chi connectivity index (χ1) is 10.1. The number of hydrogen-bond acceptors (Lipinski definition) is 3. The van der Waals surface area contributed by atoms with Gasteiger partial charge in [0, 0.05) is 4.88 Å². The third-order valence-corrected chi connectivity index (χ3v) is 4.25. The molecule has 2 heterocycles. The summed E-state index contributed by atoms with van der Waals surface area (Å²) < 4.78 is 33.6. The molecule has 0 saturated carbocycles. The van der Waals surface area contributed by atoms with Gasteiger partial charge in [-0.2, -0.15) is 0 Å². The number of hydrogen-bond donors (Lipinski definition) is 1. The first-order valence-electron chi connectivity index (χ1n) is 6.14. The Morgan fingerprint density at radius 2 is 1.81 bits per heavy atom. The molecule has 3 rings (SSSR count). The predicted octanol–water partition coefficient (Wildman–Crippen LogP) is 5.47. The summed E-state index contributed by atoms with van der Waals surface area (Å²) in [6.45, 7) is 0. The molecule has 0 radical (unpaired) electrons. The number of rotatable bonds is 4. The lowest BCUT2D eigenvalue weighted by atomic mass is 10.1. The Morgan fingerprint density at radius 3 is 2.38 bits per heavy atom. The molecule has 21 heavy (non-hydrogen) atoms. The molecule has 2 nitrogen and oxygen atoms in total. The van der Waals surface area contributed by atoms with Gasteiger partial charge in [0.05, 0.1) is 10.6 Å². The summed E-state index contributed by atoms with van der Waals surface area (Å²) in [4.78, 5) is 0.803. The van der Waals surface area contributed by atoms with Crippen molar-refractivity contribution >= 4 is 28.6 Å². The van der Waals surface area contributed by atoms with Crippen molar-refractivity contribution in [1.29, 1.82) is 0 Å². The molecule has 1 aromatic carbocycles. The van der Waals surface area contributed by atoms with Crippen LogP contribution < -0.4 is 5.32 Å². The van der Waals surface area contributed by atoms with Crippen molar-refractivity contribution in [1.82, 2.24) is 0 Å². The summed E-state index contributed by atoms with van der Waals surface area (Å²) in [5, 5.41) is 2.86. The van der Waals surface area contributed by atoms with E-state index < -0.39 is 17.7 Å². The summed E-state index contributed by atoms with van der Waals surface area (Å²) in [6.07, 6.45) is 1.51. The highest BCUT2D eigenvalue weighted by Gasteiger charge is 2.21. The van der Waals surface area contributed by atoms with Crippen molar-refractivity contribution in [3.8, 4) is 0 Å². The van der Waals surface area contributed by atoms with Crippen LogP contribution >= 0.6 is 22.9 Å². The molecular formula is C15H10ClF2NOS. The second-order valence-electron chi connectivity index (χ2n) is 4.33. The summed E-state index contributed by atoms with van der Waals surface area (Å²) in [6, 6.07) is 10.2. The number of halogens is 3. The van der Waals surface area contributed by atoms with Crippen molar-refractivity contribution in [3.05, 3.63) is 75.3 Å². The van der Waals surface area contributed by atoms with E-state index in [2.05, 4.69) is 5.32 Å². The average molecular weight is 326 g/mol. The fourth-order valence-corrected chi connectivity index (χ4v) is 3.12. The Hall–Kier alpha value is -1.85. The van der Waals surface area contributed by atoms with Gasteiger partial charge in [-0.15, -0.1) is 11.3 Å². The van der Waals surface area contributed by atoms with Crippen molar-refractivity contribution in [3.63, 3.8) is 0 Å². The van der Waals surface area contributed by atoms with E-state index in [1.54, 1.807) is 24.3 Å². The standard InChI is InChI=1S/C15H10ClF2NOS/c16-13-7-6-12(21-13)15(11-5-2-8-20-11)19-14-9(17)3-1-4-10(14)18/h1-8,15,19H. The van der Waals surface area contributed by atoms with Crippen LogP contribution in [-0.2, 0) is 0 Å². The van der Waals surface area contributed by atoms with E-state index in [9.17, 15) is 8.78 Å². The van der Waals surface area contributed by atoms with Crippen LogP contribution in [0.5, 0.6) is 0 Å². The van der Waals surface area contributed by atoms with E-state index in [-0.39, 0.29) is 5.69 Å². The molecule has 0 fully saturated rings. The zero-order chi connectivity index (χ0) is 14.8. The van der Waals surface area contributed by atoms with E-state index in [1.807, 2.05) is 0 Å². The van der Waals surface area contributed by atoms with E-state index >= 15 is 0 Å². The highest BCUT2D eigenvalue weighted by Crippen LogP contribution is 2.35. The maximum absolute atomic E-state index is 13.8. The first kappa shape index (κ1) is 14.1. The van der Waals surface area contributed by atoms with Gasteiger partial charge in [0.25, 0.3) is 0 Å². The molecule has 0 aliphatic carbocycles. The minimum Gasteiger partial charge on any atom is -0.467 e. The fourth-order valence-electron chi connectivity index (χ4n) is 2.00. The van der Waals surface area contributed by atoms with Gasteiger partial charge in [-0.1, -0.05) is 17.7 Å². The third-order valence-electron chi connectivity index (χ3n) is 2.96. The predicted molar refractivity (Wildman–Crippen MR) is 79.9 cm³/mol. The van der Waals surface area contributed by atoms with Crippen LogP contribution in [0.3, 0.4) is 0 Å². The topological polar surface area (TPSA) is 25.2 Å². The van der Waals surface area contributed by atoms with Gasteiger partial charge in [0.1, 0.15) is 29.1 Å². The molecule has 0 bridgehead atoms. The van der Waals surface area contributed by atoms with Crippen LogP contribution in [0.4, 0.5) is 14.5 Å². The second kappa shape index (κ2) is 5.87. The molecule has 1 unspecified atom stereocenters. The van der Waals surface area contributed by atoms with E-state index in [1.165, 1.54) is 35.8 Å². The number of nitrogens with one attached hydrogen (secondary N) is 1. The fraction of sp³-hybridized carbons (Fsp3) is 0.0667. The minimum absolute atomic E-state index is 0.191. The van der Waals surface area contributed by atoms with Crippen LogP contribution in [0, 0.1) is 11.6 Å². The summed E-state index contributed by atoms with van der Waals surface area (Å²) >= 11 is 7.27. The van der Waals surface area contributed by atoms with Gasteiger partial charge in [-0.25, -0.2) is 8.78 Å². The molecular weight excluding hydrogens is 316 g/mol. The molecule has 0 aliphatic rings. The Kier molecular flexibility index (Phi) is 3.94. The lowest BCUT2D eigenvalue weighted by Crippen LogP contribution is -2.12. The molecule has 0 saturated heterocycles. The van der Waals surface area contributed by atoms with Gasteiger partial charge >= 0.3 is 0 Å². The molecule has 0 spiro atoms. The van der Waals surface area contributed by atoms with Gasteiger partial charge in [-0.3, -0.25) is 0 Å².